The summed E-state index contributed by atoms with van der Waals surface area (Å²) in [6.07, 6.45) is 2.98. The molecule has 0 aliphatic rings. The summed E-state index contributed by atoms with van der Waals surface area (Å²) in [4.78, 5) is 27.2. The number of aromatic nitrogens is 1. The second-order valence-corrected chi connectivity index (χ2v) is 4.55. The van der Waals surface area contributed by atoms with Gasteiger partial charge in [-0.25, -0.2) is 9.59 Å². The van der Waals surface area contributed by atoms with Crippen LogP contribution in [0, 0.1) is 0 Å². The smallest absolute Gasteiger partial charge is 0.329 e. The Morgan fingerprint density at radius 2 is 2.00 bits per heavy atom. The van der Waals surface area contributed by atoms with E-state index in [1.807, 2.05) is 18.2 Å². The van der Waals surface area contributed by atoms with Gasteiger partial charge in [-0.2, -0.15) is 0 Å². The molecule has 0 bridgehead atoms. The number of aliphatic carboxylic acids is 1. The van der Waals surface area contributed by atoms with Crippen molar-refractivity contribution in [1.29, 1.82) is 0 Å². The van der Waals surface area contributed by atoms with Gasteiger partial charge in [-0.15, -0.1) is 0 Å². The predicted molar refractivity (Wildman–Crippen MR) is 75.4 cm³/mol. The maximum Gasteiger partial charge on any atom is 0.329 e. The largest absolute Gasteiger partial charge is 0.480 e. The third-order valence-electron chi connectivity index (χ3n) is 3.36. The number of amides is 2. The molecule has 0 aliphatic heterocycles. The highest BCUT2D eigenvalue weighted by Crippen LogP contribution is 2.15. The van der Waals surface area contributed by atoms with Crippen molar-refractivity contribution in [2.75, 3.05) is 6.54 Å². The number of urea groups is 1. The van der Waals surface area contributed by atoms with Gasteiger partial charge in [0.15, 0.2) is 0 Å². The second kappa shape index (κ2) is 7.47. The molecule has 0 fully saturated rings. The summed E-state index contributed by atoms with van der Waals surface area (Å²) in [5.74, 6) is -1.01. The predicted octanol–water partition coefficient (Wildman–Crippen LogP) is 1.57. The number of hydrogen-bond acceptors (Lipinski definition) is 3. The highest BCUT2D eigenvalue weighted by molar-refractivity contribution is 5.86. The molecular weight excluding hydrogens is 258 g/mol. The number of pyridine rings is 1. The van der Waals surface area contributed by atoms with Crippen molar-refractivity contribution in [3.63, 3.8) is 0 Å². The van der Waals surface area contributed by atoms with Gasteiger partial charge in [0, 0.05) is 24.9 Å². The molecule has 1 heterocycles. The lowest BCUT2D eigenvalue weighted by Crippen LogP contribution is -2.56. The first-order valence-corrected chi connectivity index (χ1v) is 6.73. The van der Waals surface area contributed by atoms with Crippen molar-refractivity contribution in [3.05, 3.63) is 30.1 Å². The third kappa shape index (κ3) is 4.22. The first kappa shape index (κ1) is 15.9. The van der Waals surface area contributed by atoms with Crippen molar-refractivity contribution in [3.8, 4) is 0 Å². The Hall–Kier alpha value is -2.11. The van der Waals surface area contributed by atoms with Crippen LogP contribution in [-0.2, 0) is 11.2 Å². The summed E-state index contributed by atoms with van der Waals surface area (Å²) in [6.45, 7) is 3.89. The van der Waals surface area contributed by atoms with Crippen LogP contribution in [0.5, 0.6) is 0 Å². The van der Waals surface area contributed by atoms with Crippen molar-refractivity contribution >= 4 is 12.0 Å². The van der Waals surface area contributed by atoms with Crippen molar-refractivity contribution in [2.45, 2.75) is 38.6 Å². The maximum absolute atomic E-state index is 11.8. The number of nitrogens with one attached hydrogen (secondary N) is 2. The zero-order valence-corrected chi connectivity index (χ0v) is 11.8. The van der Waals surface area contributed by atoms with Crippen LogP contribution in [0.25, 0.3) is 0 Å². The first-order valence-electron chi connectivity index (χ1n) is 6.73. The second-order valence-electron chi connectivity index (χ2n) is 4.55. The van der Waals surface area contributed by atoms with Gasteiger partial charge in [0.2, 0.25) is 0 Å². The van der Waals surface area contributed by atoms with E-state index in [1.165, 1.54) is 0 Å². The topological polar surface area (TPSA) is 91.3 Å². The molecular formula is C14H21N3O3. The summed E-state index contributed by atoms with van der Waals surface area (Å²) in [7, 11) is 0. The lowest BCUT2D eigenvalue weighted by atomic mass is 9.93. The van der Waals surface area contributed by atoms with Gasteiger partial charge in [0.1, 0.15) is 5.54 Å². The minimum atomic E-state index is -1.20. The van der Waals surface area contributed by atoms with Crippen LogP contribution in [0.1, 0.15) is 32.4 Å². The number of nitrogens with zero attached hydrogens (tertiary/aromatic N) is 1. The van der Waals surface area contributed by atoms with Gasteiger partial charge in [-0.3, -0.25) is 4.98 Å². The highest BCUT2D eigenvalue weighted by Gasteiger charge is 2.36. The zero-order chi connectivity index (χ0) is 15.0. The molecule has 1 aromatic heterocycles. The zero-order valence-electron chi connectivity index (χ0n) is 11.8. The Bertz CT molecular complexity index is 444. The van der Waals surface area contributed by atoms with Crippen LogP contribution in [0.15, 0.2) is 24.4 Å². The normalized spacial score (nSPS) is 10.9. The molecule has 2 amide bonds. The first-order chi connectivity index (χ1) is 9.54. The van der Waals surface area contributed by atoms with Crippen molar-refractivity contribution < 1.29 is 14.7 Å². The van der Waals surface area contributed by atoms with Crippen LogP contribution in [0.3, 0.4) is 0 Å². The average Bonchev–Trinajstić information content (AvgIpc) is 2.45. The fourth-order valence-corrected chi connectivity index (χ4v) is 1.89. The number of hydrogen-bond donors (Lipinski definition) is 3. The molecule has 0 saturated carbocycles. The Labute approximate surface area is 118 Å². The molecule has 0 aliphatic carbocycles. The quantitative estimate of drug-likeness (QED) is 0.706. The number of carbonyl (C=O) groups excluding carboxylic acids is 1. The van der Waals surface area contributed by atoms with E-state index in [9.17, 15) is 14.7 Å². The van der Waals surface area contributed by atoms with Crippen LogP contribution in [-0.4, -0.2) is 34.2 Å². The van der Waals surface area contributed by atoms with Gasteiger partial charge in [0.25, 0.3) is 0 Å². The SMILES string of the molecule is CCC(CC)(NC(=O)NCCc1ccccn1)C(=O)O. The van der Waals surface area contributed by atoms with E-state index in [-0.39, 0.29) is 0 Å². The van der Waals surface area contributed by atoms with Gasteiger partial charge < -0.3 is 15.7 Å². The lowest BCUT2D eigenvalue weighted by molar-refractivity contribution is -0.144. The van der Waals surface area contributed by atoms with Gasteiger partial charge in [-0.1, -0.05) is 19.9 Å². The van der Waals surface area contributed by atoms with Gasteiger partial charge >= 0.3 is 12.0 Å². The monoisotopic (exact) mass is 279 g/mol. The molecule has 0 aromatic carbocycles. The van der Waals surface area contributed by atoms with Crippen molar-refractivity contribution in [1.82, 2.24) is 15.6 Å². The summed E-state index contributed by atoms with van der Waals surface area (Å²) >= 11 is 0. The summed E-state index contributed by atoms with van der Waals surface area (Å²) in [5.41, 5.74) is -0.321. The summed E-state index contributed by atoms with van der Waals surface area (Å²) in [6, 6.07) is 5.12. The maximum atomic E-state index is 11.8. The molecule has 1 aromatic rings. The highest BCUT2D eigenvalue weighted by atomic mass is 16.4. The van der Waals surface area contributed by atoms with E-state index < -0.39 is 17.5 Å². The van der Waals surface area contributed by atoms with E-state index in [4.69, 9.17) is 0 Å². The third-order valence-corrected chi connectivity index (χ3v) is 3.36. The molecule has 3 N–H and O–H groups in total. The standard InChI is InChI=1S/C14H21N3O3/c1-3-14(4-2,12(18)19)17-13(20)16-10-8-11-7-5-6-9-15-11/h5-7,9H,3-4,8,10H2,1-2H3,(H,18,19)(H2,16,17,20). The summed E-state index contributed by atoms with van der Waals surface area (Å²) < 4.78 is 0. The minimum absolute atomic E-state index is 0.340. The van der Waals surface area contributed by atoms with Crippen LogP contribution < -0.4 is 10.6 Å². The number of rotatable bonds is 7. The fraction of sp³-hybridized carbons (Fsp3) is 0.500. The molecule has 1 rings (SSSR count). The Morgan fingerprint density at radius 1 is 1.30 bits per heavy atom. The van der Waals surface area contributed by atoms with Crippen LogP contribution in [0.2, 0.25) is 0 Å². The molecule has 0 radical (unpaired) electrons. The van der Waals surface area contributed by atoms with E-state index in [0.29, 0.717) is 25.8 Å². The van der Waals surface area contributed by atoms with E-state index in [1.54, 1.807) is 20.0 Å². The fourth-order valence-electron chi connectivity index (χ4n) is 1.89. The minimum Gasteiger partial charge on any atom is -0.480 e. The number of carbonyl (C=O) groups is 2. The van der Waals surface area contributed by atoms with Gasteiger partial charge in [-0.05, 0) is 25.0 Å². The van der Waals surface area contributed by atoms with E-state index in [2.05, 4.69) is 15.6 Å². The number of carboxylic acid groups (broad SMARTS) is 1. The lowest BCUT2D eigenvalue weighted by Gasteiger charge is -2.28. The van der Waals surface area contributed by atoms with Crippen LogP contribution >= 0.6 is 0 Å². The number of carboxylic acids is 1. The Balaban J connectivity index is 2.45. The molecule has 0 saturated heterocycles. The van der Waals surface area contributed by atoms with Crippen LogP contribution in [0.4, 0.5) is 4.79 Å². The van der Waals surface area contributed by atoms with Crippen molar-refractivity contribution in [2.24, 2.45) is 0 Å². The molecule has 0 spiro atoms. The molecule has 6 heteroatoms. The Kier molecular flexibility index (Phi) is 5.96. The summed E-state index contributed by atoms with van der Waals surface area (Å²) in [5, 5.41) is 14.4. The average molecular weight is 279 g/mol. The van der Waals surface area contributed by atoms with Gasteiger partial charge in [0.05, 0.1) is 0 Å². The Morgan fingerprint density at radius 3 is 2.50 bits per heavy atom. The molecule has 0 unspecified atom stereocenters. The molecule has 0 atom stereocenters. The molecule has 6 nitrogen and oxygen atoms in total. The van der Waals surface area contributed by atoms with E-state index in [0.717, 1.165) is 5.69 Å². The van der Waals surface area contributed by atoms with E-state index >= 15 is 0 Å². The molecule has 20 heavy (non-hydrogen) atoms. The molecule has 110 valence electrons.